The molecule has 1 aromatic carbocycles. The predicted octanol–water partition coefficient (Wildman–Crippen LogP) is 3.75. The molecule has 1 fully saturated rings. The normalized spacial score (nSPS) is 17.8. The summed E-state index contributed by atoms with van der Waals surface area (Å²) >= 11 is 0. The third-order valence-corrected chi connectivity index (χ3v) is 5.97. The van der Waals surface area contributed by atoms with E-state index < -0.39 is 5.92 Å². The molecule has 0 atom stereocenters. The molecule has 2 amide bonds. The van der Waals surface area contributed by atoms with Gasteiger partial charge in [-0.15, -0.1) is 0 Å². The van der Waals surface area contributed by atoms with E-state index >= 15 is 0 Å². The van der Waals surface area contributed by atoms with Crippen molar-refractivity contribution in [3.05, 3.63) is 59.5 Å². The largest absolute Gasteiger partial charge is 0.338 e. The lowest BCUT2D eigenvalue weighted by Crippen LogP contribution is -2.42. The number of carbonyl (C=O) groups excluding carboxylic acids is 2. The average Bonchev–Trinajstić information content (AvgIpc) is 3.05. The Bertz CT molecular complexity index is 1220. The van der Waals surface area contributed by atoms with E-state index in [-0.39, 0.29) is 37.7 Å². The van der Waals surface area contributed by atoms with Gasteiger partial charge in [0.25, 0.3) is 17.7 Å². The van der Waals surface area contributed by atoms with E-state index in [1.165, 1.54) is 11.1 Å². The molecule has 0 radical (unpaired) electrons. The van der Waals surface area contributed by atoms with E-state index in [1.807, 2.05) is 24.3 Å². The molecule has 8 heteroatoms. The number of piperidine rings is 1. The number of nitrogens with zero attached hydrogens (tertiary/aromatic N) is 4. The molecule has 5 rings (SSSR count). The molecule has 0 saturated carbocycles. The summed E-state index contributed by atoms with van der Waals surface area (Å²) in [6, 6.07) is 9.37. The second kappa shape index (κ2) is 7.08. The van der Waals surface area contributed by atoms with Crippen LogP contribution in [0.4, 0.5) is 8.78 Å². The third-order valence-electron chi connectivity index (χ3n) is 5.97. The van der Waals surface area contributed by atoms with E-state index in [0.29, 0.717) is 23.3 Å². The first-order valence-electron chi connectivity index (χ1n) is 10.1. The fraction of sp³-hybridized carbons (Fsp3) is 0.304. The van der Waals surface area contributed by atoms with Crippen molar-refractivity contribution >= 4 is 22.7 Å². The Kier molecular flexibility index (Phi) is 4.46. The molecule has 2 aliphatic heterocycles. The van der Waals surface area contributed by atoms with Gasteiger partial charge >= 0.3 is 0 Å². The summed E-state index contributed by atoms with van der Waals surface area (Å²) in [5, 5.41) is 0.777. The van der Waals surface area contributed by atoms with Crippen LogP contribution in [-0.4, -0.2) is 57.6 Å². The minimum Gasteiger partial charge on any atom is -0.338 e. The Morgan fingerprint density at radius 1 is 1.10 bits per heavy atom. The van der Waals surface area contributed by atoms with Crippen LogP contribution in [-0.2, 0) is 6.54 Å². The van der Waals surface area contributed by atoms with Crippen molar-refractivity contribution in [3.8, 4) is 11.1 Å². The molecule has 0 aliphatic carbocycles. The number of halogens is 2. The van der Waals surface area contributed by atoms with Crippen molar-refractivity contribution in [2.45, 2.75) is 25.3 Å². The first-order chi connectivity index (χ1) is 14.8. The quantitative estimate of drug-likeness (QED) is 0.631. The highest BCUT2D eigenvalue weighted by molar-refractivity contribution is 6.01. The standard InChI is InChI=1S/C23H20F2N4O2/c1-28-13-17-10-15(11-27-20(17)22(28)31)18-4-2-3-14-9-16(12-26-19(14)18)21(30)29-7-5-23(24,25)6-8-29/h2-4,9-12H,5-8,13H2,1H3. The van der Waals surface area contributed by atoms with Crippen molar-refractivity contribution in [2.75, 3.05) is 20.1 Å². The van der Waals surface area contributed by atoms with Crippen molar-refractivity contribution in [2.24, 2.45) is 0 Å². The van der Waals surface area contributed by atoms with E-state index in [0.717, 1.165) is 22.1 Å². The summed E-state index contributed by atoms with van der Waals surface area (Å²) in [6.45, 7) is 0.594. The average molecular weight is 422 g/mol. The smallest absolute Gasteiger partial charge is 0.272 e. The highest BCUT2D eigenvalue weighted by Crippen LogP contribution is 2.32. The van der Waals surface area contributed by atoms with Crippen molar-refractivity contribution < 1.29 is 18.4 Å². The van der Waals surface area contributed by atoms with Gasteiger partial charge in [-0.25, -0.2) is 8.78 Å². The molecule has 3 aromatic rings. The summed E-state index contributed by atoms with van der Waals surface area (Å²) in [7, 11) is 1.74. The Labute approximate surface area is 177 Å². The van der Waals surface area contributed by atoms with Crippen LogP contribution < -0.4 is 0 Å². The second-order valence-electron chi connectivity index (χ2n) is 8.14. The summed E-state index contributed by atoms with van der Waals surface area (Å²) in [5.41, 5.74) is 4.14. The van der Waals surface area contributed by atoms with Crippen LogP contribution in [0.15, 0.2) is 42.7 Å². The maximum absolute atomic E-state index is 13.4. The van der Waals surface area contributed by atoms with Gasteiger partial charge in [-0.05, 0) is 12.1 Å². The van der Waals surface area contributed by atoms with Gasteiger partial charge in [-0.1, -0.05) is 18.2 Å². The third kappa shape index (κ3) is 3.41. The number of fused-ring (bicyclic) bond motifs is 2. The number of benzene rings is 1. The summed E-state index contributed by atoms with van der Waals surface area (Å²) in [6.07, 6.45) is 2.54. The summed E-state index contributed by atoms with van der Waals surface area (Å²) in [5.74, 6) is -3.07. The molecule has 6 nitrogen and oxygen atoms in total. The molecule has 0 unspecified atom stereocenters. The molecule has 31 heavy (non-hydrogen) atoms. The molecule has 2 aliphatic rings. The number of pyridine rings is 2. The zero-order valence-electron chi connectivity index (χ0n) is 16.9. The molecular weight excluding hydrogens is 402 g/mol. The number of likely N-dealkylation sites (tertiary alicyclic amines) is 1. The first kappa shape index (κ1) is 19.5. The number of aromatic nitrogens is 2. The van der Waals surface area contributed by atoms with Crippen LogP contribution >= 0.6 is 0 Å². The zero-order valence-corrected chi connectivity index (χ0v) is 16.9. The molecule has 0 N–H and O–H groups in total. The van der Waals surface area contributed by atoms with Crippen molar-refractivity contribution in [1.82, 2.24) is 19.8 Å². The minimum absolute atomic E-state index is 0.0396. The number of hydrogen-bond acceptors (Lipinski definition) is 4. The van der Waals surface area contributed by atoms with Gasteiger partial charge < -0.3 is 9.80 Å². The number of rotatable bonds is 2. The minimum atomic E-state index is -2.70. The molecule has 1 saturated heterocycles. The molecule has 0 spiro atoms. The monoisotopic (exact) mass is 422 g/mol. The van der Waals surface area contributed by atoms with Crippen molar-refractivity contribution in [1.29, 1.82) is 0 Å². The van der Waals surface area contributed by atoms with E-state index in [1.54, 1.807) is 24.2 Å². The van der Waals surface area contributed by atoms with Crippen molar-refractivity contribution in [3.63, 3.8) is 0 Å². The van der Waals surface area contributed by atoms with Crippen LogP contribution in [0.2, 0.25) is 0 Å². The van der Waals surface area contributed by atoms with E-state index in [4.69, 9.17) is 0 Å². The lowest BCUT2D eigenvalue weighted by atomic mass is 10.0. The maximum atomic E-state index is 13.4. The lowest BCUT2D eigenvalue weighted by Gasteiger charge is -2.31. The lowest BCUT2D eigenvalue weighted by molar-refractivity contribution is -0.0494. The second-order valence-corrected chi connectivity index (χ2v) is 8.14. The maximum Gasteiger partial charge on any atom is 0.272 e. The van der Waals surface area contributed by atoms with Crippen LogP contribution in [0.1, 0.15) is 39.3 Å². The fourth-order valence-electron chi connectivity index (χ4n) is 4.21. The number of amides is 2. The Balaban J connectivity index is 1.47. The highest BCUT2D eigenvalue weighted by atomic mass is 19.3. The predicted molar refractivity (Wildman–Crippen MR) is 111 cm³/mol. The molecule has 4 heterocycles. The van der Waals surface area contributed by atoms with Gasteiger partial charge in [-0.3, -0.25) is 19.6 Å². The van der Waals surface area contributed by atoms with Gasteiger partial charge in [0.05, 0.1) is 11.1 Å². The number of carbonyl (C=O) groups is 2. The van der Waals surface area contributed by atoms with Crippen LogP contribution in [0, 0.1) is 0 Å². The number of alkyl halides is 2. The SMILES string of the molecule is CN1Cc2cc(-c3cccc4cc(C(=O)N5CCC(F)(F)CC5)cnc34)cnc2C1=O. The molecular formula is C23H20F2N4O2. The molecule has 0 bridgehead atoms. The van der Waals surface area contributed by atoms with E-state index in [9.17, 15) is 18.4 Å². The highest BCUT2D eigenvalue weighted by Gasteiger charge is 2.36. The Hall–Kier alpha value is -3.42. The number of hydrogen-bond donors (Lipinski definition) is 0. The van der Waals surface area contributed by atoms with Crippen LogP contribution in [0.5, 0.6) is 0 Å². The first-order valence-corrected chi connectivity index (χ1v) is 10.1. The zero-order chi connectivity index (χ0) is 21.8. The van der Waals surface area contributed by atoms with Crippen LogP contribution in [0.25, 0.3) is 22.0 Å². The Morgan fingerprint density at radius 3 is 2.65 bits per heavy atom. The van der Waals surface area contributed by atoms with Gasteiger partial charge in [0.2, 0.25) is 0 Å². The van der Waals surface area contributed by atoms with Gasteiger partial charge in [0.15, 0.2) is 0 Å². The molecule has 2 aromatic heterocycles. The summed E-state index contributed by atoms with van der Waals surface area (Å²) in [4.78, 5) is 36.8. The van der Waals surface area contributed by atoms with Crippen LogP contribution in [0.3, 0.4) is 0 Å². The Morgan fingerprint density at radius 2 is 1.87 bits per heavy atom. The molecule has 158 valence electrons. The van der Waals surface area contributed by atoms with Gasteiger partial charge in [0.1, 0.15) is 5.69 Å². The fourth-order valence-corrected chi connectivity index (χ4v) is 4.21. The summed E-state index contributed by atoms with van der Waals surface area (Å²) < 4.78 is 26.8. The van der Waals surface area contributed by atoms with E-state index in [2.05, 4.69) is 9.97 Å². The van der Waals surface area contributed by atoms with Gasteiger partial charge in [-0.2, -0.15) is 0 Å². The number of para-hydroxylation sites is 1. The van der Waals surface area contributed by atoms with Gasteiger partial charge in [0, 0.05) is 74.0 Å². The topological polar surface area (TPSA) is 66.4 Å².